The SMILES string of the molecule is CN(C)CCCOc1ccc(Oc2nc3ccccc3[nH]2)cc1. The number of para-hydroxylation sites is 2. The first kappa shape index (κ1) is 15.4. The van der Waals surface area contributed by atoms with E-state index in [1.807, 2.05) is 48.5 Å². The lowest BCUT2D eigenvalue weighted by molar-refractivity contribution is 0.281. The summed E-state index contributed by atoms with van der Waals surface area (Å²) in [5.74, 6) is 1.57. The lowest BCUT2D eigenvalue weighted by atomic mass is 10.3. The van der Waals surface area contributed by atoms with E-state index in [2.05, 4.69) is 29.0 Å². The molecule has 0 fully saturated rings. The van der Waals surface area contributed by atoms with Crippen molar-refractivity contribution >= 4 is 11.0 Å². The molecule has 3 aromatic rings. The number of hydrogen-bond acceptors (Lipinski definition) is 4. The second kappa shape index (κ2) is 7.15. The Morgan fingerprint density at radius 2 is 1.74 bits per heavy atom. The predicted molar refractivity (Wildman–Crippen MR) is 91.3 cm³/mol. The van der Waals surface area contributed by atoms with Crippen LogP contribution in [0.4, 0.5) is 0 Å². The van der Waals surface area contributed by atoms with Crippen molar-refractivity contribution < 1.29 is 9.47 Å². The van der Waals surface area contributed by atoms with Crippen LogP contribution in [-0.4, -0.2) is 42.1 Å². The van der Waals surface area contributed by atoms with Crippen LogP contribution in [0.5, 0.6) is 17.5 Å². The molecule has 23 heavy (non-hydrogen) atoms. The summed E-state index contributed by atoms with van der Waals surface area (Å²) in [6.45, 7) is 1.73. The number of ether oxygens (including phenoxy) is 2. The second-order valence-corrected chi connectivity index (χ2v) is 5.64. The van der Waals surface area contributed by atoms with Crippen LogP contribution in [0.25, 0.3) is 11.0 Å². The standard InChI is InChI=1S/C18H21N3O2/c1-21(2)12-5-13-22-14-8-10-15(11-9-14)23-18-19-16-6-3-4-7-17(16)20-18/h3-4,6-11H,5,12-13H2,1-2H3,(H,19,20). The topological polar surface area (TPSA) is 50.4 Å². The highest BCUT2D eigenvalue weighted by atomic mass is 16.5. The van der Waals surface area contributed by atoms with Gasteiger partial charge in [0.05, 0.1) is 17.6 Å². The molecule has 0 atom stereocenters. The van der Waals surface area contributed by atoms with Crippen molar-refractivity contribution in [3.8, 4) is 17.5 Å². The lowest BCUT2D eigenvalue weighted by Crippen LogP contribution is -2.15. The van der Waals surface area contributed by atoms with Crippen LogP contribution >= 0.6 is 0 Å². The lowest BCUT2D eigenvalue weighted by Gasteiger charge is -2.10. The monoisotopic (exact) mass is 311 g/mol. The number of fused-ring (bicyclic) bond motifs is 1. The minimum Gasteiger partial charge on any atom is -0.494 e. The van der Waals surface area contributed by atoms with E-state index in [0.717, 1.165) is 35.5 Å². The number of nitrogens with zero attached hydrogens (tertiary/aromatic N) is 2. The van der Waals surface area contributed by atoms with Crippen LogP contribution in [0.15, 0.2) is 48.5 Å². The molecule has 1 N–H and O–H groups in total. The number of benzene rings is 2. The zero-order valence-electron chi connectivity index (χ0n) is 13.5. The van der Waals surface area contributed by atoms with Crippen molar-refractivity contribution in [1.82, 2.24) is 14.9 Å². The van der Waals surface area contributed by atoms with Crippen LogP contribution in [0.3, 0.4) is 0 Å². The molecule has 120 valence electrons. The molecule has 0 aliphatic heterocycles. The third-order valence-electron chi connectivity index (χ3n) is 3.42. The highest BCUT2D eigenvalue weighted by molar-refractivity contribution is 5.75. The smallest absolute Gasteiger partial charge is 0.300 e. The summed E-state index contributed by atoms with van der Waals surface area (Å²) in [6, 6.07) is 15.9. The van der Waals surface area contributed by atoms with Gasteiger partial charge in [0.1, 0.15) is 11.5 Å². The Kier molecular flexibility index (Phi) is 4.78. The molecule has 2 aromatic carbocycles. The Morgan fingerprint density at radius 3 is 2.48 bits per heavy atom. The van der Waals surface area contributed by atoms with E-state index in [1.165, 1.54) is 0 Å². The summed E-state index contributed by atoms with van der Waals surface area (Å²) >= 11 is 0. The van der Waals surface area contributed by atoms with Crippen molar-refractivity contribution in [3.63, 3.8) is 0 Å². The fourth-order valence-electron chi connectivity index (χ4n) is 2.26. The second-order valence-electron chi connectivity index (χ2n) is 5.64. The van der Waals surface area contributed by atoms with Gasteiger partial charge in [0.25, 0.3) is 6.01 Å². The molecule has 0 saturated heterocycles. The van der Waals surface area contributed by atoms with Gasteiger partial charge in [-0.05, 0) is 56.9 Å². The average Bonchev–Trinajstić information content (AvgIpc) is 2.95. The van der Waals surface area contributed by atoms with Gasteiger partial charge in [0.2, 0.25) is 0 Å². The fourth-order valence-corrected chi connectivity index (χ4v) is 2.26. The van der Waals surface area contributed by atoms with E-state index >= 15 is 0 Å². The van der Waals surface area contributed by atoms with Crippen molar-refractivity contribution in [2.24, 2.45) is 0 Å². The Bertz CT molecular complexity index is 717. The van der Waals surface area contributed by atoms with Crippen molar-refractivity contribution in [2.45, 2.75) is 6.42 Å². The maximum Gasteiger partial charge on any atom is 0.300 e. The van der Waals surface area contributed by atoms with Gasteiger partial charge in [-0.15, -0.1) is 0 Å². The quantitative estimate of drug-likeness (QED) is 0.676. The summed E-state index contributed by atoms with van der Waals surface area (Å²) in [5, 5.41) is 0. The van der Waals surface area contributed by atoms with Gasteiger partial charge < -0.3 is 19.4 Å². The first-order valence-corrected chi connectivity index (χ1v) is 7.71. The predicted octanol–water partition coefficient (Wildman–Crippen LogP) is 3.69. The van der Waals surface area contributed by atoms with E-state index in [-0.39, 0.29) is 0 Å². The van der Waals surface area contributed by atoms with Gasteiger partial charge in [0, 0.05) is 6.54 Å². The minimum atomic E-state index is 0.492. The molecule has 0 aliphatic carbocycles. The molecule has 0 bridgehead atoms. The molecule has 1 heterocycles. The van der Waals surface area contributed by atoms with E-state index in [9.17, 15) is 0 Å². The molecule has 0 amide bonds. The number of rotatable bonds is 7. The van der Waals surface area contributed by atoms with Gasteiger partial charge >= 0.3 is 0 Å². The first-order chi connectivity index (χ1) is 11.2. The molecule has 5 heteroatoms. The van der Waals surface area contributed by atoms with Crippen molar-refractivity contribution in [2.75, 3.05) is 27.2 Å². The summed E-state index contributed by atoms with van der Waals surface area (Å²) in [7, 11) is 4.12. The highest BCUT2D eigenvalue weighted by Crippen LogP contribution is 2.24. The minimum absolute atomic E-state index is 0.492. The Labute approximate surface area is 135 Å². The van der Waals surface area contributed by atoms with Crippen LogP contribution in [0, 0.1) is 0 Å². The number of aromatic amines is 1. The van der Waals surface area contributed by atoms with Gasteiger partial charge in [-0.25, -0.2) is 0 Å². The zero-order valence-corrected chi connectivity index (χ0v) is 13.5. The van der Waals surface area contributed by atoms with Gasteiger partial charge in [-0.3, -0.25) is 0 Å². The Morgan fingerprint density at radius 1 is 1.00 bits per heavy atom. The summed E-state index contributed by atoms with van der Waals surface area (Å²) in [5.41, 5.74) is 1.85. The summed E-state index contributed by atoms with van der Waals surface area (Å²) < 4.78 is 11.5. The largest absolute Gasteiger partial charge is 0.494 e. The van der Waals surface area contributed by atoms with E-state index in [1.54, 1.807) is 0 Å². The third-order valence-corrected chi connectivity index (χ3v) is 3.42. The Balaban J connectivity index is 1.56. The number of hydrogen-bond donors (Lipinski definition) is 1. The molecular weight excluding hydrogens is 290 g/mol. The zero-order chi connectivity index (χ0) is 16.1. The normalized spacial score (nSPS) is 11.1. The number of imidazole rings is 1. The van der Waals surface area contributed by atoms with Crippen LogP contribution in [0.2, 0.25) is 0 Å². The Hall–Kier alpha value is -2.53. The number of aromatic nitrogens is 2. The van der Waals surface area contributed by atoms with E-state index < -0.39 is 0 Å². The number of nitrogens with one attached hydrogen (secondary N) is 1. The summed E-state index contributed by atoms with van der Waals surface area (Å²) in [4.78, 5) is 9.68. The van der Waals surface area contributed by atoms with Crippen molar-refractivity contribution in [1.29, 1.82) is 0 Å². The fraction of sp³-hybridized carbons (Fsp3) is 0.278. The van der Waals surface area contributed by atoms with Crippen LogP contribution < -0.4 is 9.47 Å². The van der Waals surface area contributed by atoms with Gasteiger partial charge in [-0.2, -0.15) is 4.98 Å². The number of H-pyrrole nitrogens is 1. The first-order valence-electron chi connectivity index (χ1n) is 7.71. The van der Waals surface area contributed by atoms with Crippen molar-refractivity contribution in [3.05, 3.63) is 48.5 Å². The highest BCUT2D eigenvalue weighted by Gasteiger charge is 2.04. The molecule has 5 nitrogen and oxygen atoms in total. The van der Waals surface area contributed by atoms with Gasteiger partial charge in [0.15, 0.2) is 0 Å². The summed E-state index contributed by atoms with van der Waals surface area (Å²) in [6.07, 6.45) is 1.00. The van der Waals surface area contributed by atoms with Crippen LogP contribution in [-0.2, 0) is 0 Å². The molecule has 1 aromatic heterocycles. The van der Waals surface area contributed by atoms with Crippen LogP contribution in [0.1, 0.15) is 6.42 Å². The van der Waals surface area contributed by atoms with Gasteiger partial charge in [-0.1, -0.05) is 12.1 Å². The molecule has 0 saturated carbocycles. The third kappa shape index (κ3) is 4.23. The molecule has 0 unspecified atom stereocenters. The molecular formula is C18H21N3O2. The molecule has 0 aliphatic rings. The molecule has 3 rings (SSSR count). The molecule has 0 radical (unpaired) electrons. The van der Waals surface area contributed by atoms with E-state index in [4.69, 9.17) is 9.47 Å². The maximum atomic E-state index is 5.75. The van der Waals surface area contributed by atoms with E-state index in [0.29, 0.717) is 12.6 Å². The average molecular weight is 311 g/mol. The molecule has 0 spiro atoms. The maximum absolute atomic E-state index is 5.75.